The van der Waals surface area contributed by atoms with Gasteiger partial charge in [-0.25, -0.2) is 4.79 Å². The van der Waals surface area contributed by atoms with E-state index in [0.717, 1.165) is 44.2 Å². The van der Waals surface area contributed by atoms with Crippen molar-refractivity contribution in [2.75, 3.05) is 39.4 Å². The summed E-state index contributed by atoms with van der Waals surface area (Å²) in [6.07, 6.45) is 0. The predicted octanol–water partition coefficient (Wildman–Crippen LogP) is 1.16. The first-order valence-corrected chi connectivity index (χ1v) is 8.80. The Labute approximate surface area is 144 Å². The summed E-state index contributed by atoms with van der Waals surface area (Å²) < 4.78 is 7.35. The number of rotatable bonds is 7. The molecule has 1 saturated heterocycles. The molecule has 24 heavy (non-hydrogen) atoms. The minimum atomic E-state index is -0.102. The van der Waals surface area contributed by atoms with E-state index in [4.69, 9.17) is 4.74 Å². The van der Waals surface area contributed by atoms with E-state index >= 15 is 0 Å². The number of urea groups is 1. The van der Waals surface area contributed by atoms with Crippen LogP contribution in [0.4, 0.5) is 4.79 Å². The Morgan fingerprint density at radius 1 is 1.25 bits per heavy atom. The first-order chi connectivity index (χ1) is 11.5. The fraction of sp³-hybridized carbons (Fsp3) is 0.765. The predicted molar refractivity (Wildman–Crippen MR) is 94.1 cm³/mol. The van der Waals surface area contributed by atoms with Crippen molar-refractivity contribution in [3.8, 4) is 0 Å². The minimum Gasteiger partial charge on any atom is -0.379 e. The van der Waals surface area contributed by atoms with E-state index < -0.39 is 0 Å². The van der Waals surface area contributed by atoms with Crippen LogP contribution in [0.3, 0.4) is 0 Å². The van der Waals surface area contributed by atoms with E-state index in [1.165, 1.54) is 0 Å². The zero-order chi connectivity index (χ0) is 17.5. The monoisotopic (exact) mass is 337 g/mol. The molecule has 2 heterocycles. The van der Waals surface area contributed by atoms with Crippen LogP contribution in [0.15, 0.2) is 6.07 Å². The van der Waals surface area contributed by atoms with Crippen LogP contribution in [-0.2, 0) is 11.3 Å². The van der Waals surface area contributed by atoms with Crippen LogP contribution in [0.5, 0.6) is 0 Å². The number of hydrogen-bond donors (Lipinski definition) is 2. The van der Waals surface area contributed by atoms with Gasteiger partial charge in [-0.05, 0) is 32.8 Å². The summed E-state index contributed by atoms with van der Waals surface area (Å²) >= 11 is 0. The normalized spacial score (nSPS) is 18.2. The molecule has 1 aromatic heterocycles. The molecular formula is C17H31N5O2. The highest BCUT2D eigenvalue weighted by atomic mass is 16.5. The van der Waals surface area contributed by atoms with Gasteiger partial charge in [0.2, 0.25) is 0 Å². The van der Waals surface area contributed by atoms with Crippen molar-refractivity contribution in [2.45, 2.75) is 40.3 Å². The van der Waals surface area contributed by atoms with Gasteiger partial charge in [-0.15, -0.1) is 0 Å². The highest BCUT2D eigenvalue weighted by Gasteiger charge is 2.17. The smallest absolute Gasteiger partial charge is 0.314 e. The quantitative estimate of drug-likeness (QED) is 0.783. The van der Waals surface area contributed by atoms with Gasteiger partial charge in [-0.3, -0.25) is 9.58 Å². The Bertz CT molecular complexity index is 525. The van der Waals surface area contributed by atoms with Crippen molar-refractivity contribution in [3.63, 3.8) is 0 Å². The molecule has 1 aliphatic rings. The Morgan fingerprint density at radius 2 is 1.92 bits per heavy atom. The van der Waals surface area contributed by atoms with Gasteiger partial charge in [0.05, 0.1) is 18.9 Å². The van der Waals surface area contributed by atoms with E-state index in [2.05, 4.69) is 47.5 Å². The molecule has 0 bridgehead atoms. The highest BCUT2D eigenvalue weighted by molar-refractivity contribution is 5.73. The molecule has 0 unspecified atom stereocenters. The van der Waals surface area contributed by atoms with Gasteiger partial charge < -0.3 is 15.4 Å². The van der Waals surface area contributed by atoms with Crippen molar-refractivity contribution < 1.29 is 9.53 Å². The van der Waals surface area contributed by atoms with Crippen LogP contribution >= 0.6 is 0 Å². The topological polar surface area (TPSA) is 71.4 Å². The molecule has 0 aliphatic carbocycles. The fourth-order valence-corrected chi connectivity index (χ4v) is 2.94. The zero-order valence-electron chi connectivity index (χ0n) is 15.3. The molecule has 2 rings (SSSR count). The molecule has 136 valence electrons. The Balaban J connectivity index is 1.64. The van der Waals surface area contributed by atoms with E-state index in [-0.39, 0.29) is 6.03 Å². The number of morpholine rings is 1. The Kier molecular flexibility index (Phi) is 7.05. The molecule has 1 fully saturated rings. The van der Waals surface area contributed by atoms with Crippen molar-refractivity contribution in [1.29, 1.82) is 0 Å². The van der Waals surface area contributed by atoms with E-state index in [9.17, 15) is 4.79 Å². The molecule has 1 aliphatic heterocycles. The van der Waals surface area contributed by atoms with Gasteiger partial charge in [0.25, 0.3) is 0 Å². The Morgan fingerprint density at radius 3 is 2.54 bits per heavy atom. The molecule has 7 heteroatoms. The second kappa shape index (κ2) is 9.03. The van der Waals surface area contributed by atoms with E-state index in [1.54, 1.807) is 0 Å². The van der Waals surface area contributed by atoms with Crippen LogP contribution in [0, 0.1) is 19.8 Å². The van der Waals surface area contributed by atoms with Crippen molar-refractivity contribution in [3.05, 3.63) is 17.5 Å². The number of carbonyl (C=O) groups excluding carboxylic acids is 1. The summed E-state index contributed by atoms with van der Waals surface area (Å²) in [6, 6.07) is 2.29. The summed E-state index contributed by atoms with van der Waals surface area (Å²) in [5, 5.41) is 10.4. The van der Waals surface area contributed by atoms with Crippen molar-refractivity contribution in [1.82, 2.24) is 25.3 Å². The van der Waals surface area contributed by atoms with Crippen LogP contribution in [0.25, 0.3) is 0 Å². The third-order valence-electron chi connectivity index (χ3n) is 4.43. The fourth-order valence-electron chi connectivity index (χ4n) is 2.94. The average molecular weight is 337 g/mol. The third kappa shape index (κ3) is 5.79. The molecule has 1 aromatic rings. The molecule has 0 radical (unpaired) electrons. The molecule has 7 nitrogen and oxygen atoms in total. The molecule has 0 saturated carbocycles. The molecule has 0 aromatic carbocycles. The maximum Gasteiger partial charge on any atom is 0.314 e. The summed E-state index contributed by atoms with van der Waals surface area (Å²) in [7, 11) is 0. The number of aromatic nitrogens is 2. The number of nitrogens with zero attached hydrogens (tertiary/aromatic N) is 3. The second-order valence-electron chi connectivity index (χ2n) is 6.80. The summed E-state index contributed by atoms with van der Waals surface area (Å²) in [5.41, 5.74) is 2.19. The number of nitrogens with one attached hydrogen (secondary N) is 2. The lowest BCUT2D eigenvalue weighted by Gasteiger charge is -2.32. The van der Waals surface area contributed by atoms with Crippen molar-refractivity contribution in [2.24, 2.45) is 5.92 Å². The summed E-state index contributed by atoms with van der Waals surface area (Å²) in [5.74, 6) is 0.324. The number of amides is 2. The standard InChI is InChI=1S/C17H31N5O2/c1-13(12-22-15(3)9-14(2)20-22)10-18-17(23)19-11-16(4)21-5-7-24-8-6-21/h9,13,16H,5-8,10-12H2,1-4H3,(H2,18,19,23)/t13-,16+/m0/s1. The van der Waals surface area contributed by atoms with Gasteiger partial charge in [-0.1, -0.05) is 6.92 Å². The largest absolute Gasteiger partial charge is 0.379 e. The maximum atomic E-state index is 12.0. The molecule has 0 spiro atoms. The number of carbonyl (C=O) groups is 1. The Hall–Kier alpha value is -1.60. The van der Waals surface area contributed by atoms with E-state index in [0.29, 0.717) is 25.0 Å². The first kappa shape index (κ1) is 18.7. The number of aryl methyl sites for hydroxylation is 2. The summed E-state index contributed by atoms with van der Waals surface area (Å²) in [6.45, 7) is 13.8. The summed E-state index contributed by atoms with van der Waals surface area (Å²) in [4.78, 5) is 14.3. The number of ether oxygens (including phenoxy) is 1. The van der Waals surface area contributed by atoms with Crippen molar-refractivity contribution >= 4 is 6.03 Å². The van der Waals surface area contributed by atoms with Crippen LogP contribution in [-0.4, -0.2) is 66.1 Å². The lowest BCUT2D eigenvalue weighted by Crippen LogP contribution is -2.49. The zero-order valence-corrected chi connectivity index (χ0v) is 15.3. The minimum absolute atomic E-state index is 0.102. The van der Waals surface area contributed by atoms with E-state index in [1.807, 2.05) is 11.6 Å². The van der Waals surface area contributed by atoms with Gasteiger partial charge in [0, 0.05) is 44.5 Å². The SMILES string of the molecule is Cc1cc(C)n(C[C@@H](C)CNC(=O)NC[C@@H](C)N2CCOCC2)n1. The lowest BCUT2D eigenvalue weighted by atomic mass is 10.2. The molecule has 2 atom stereocenters. The molecule has 2 amide bonds. The van der Waals surface area contributed by atoms with Gasteiger partial charge >= 0.3 is 6.03 Å². The van der Waals surface area contributed by atoms with Gasteiger partial charge in [0.1, 0.15) is 0 Å². The first-order valence-electron chi connectivity index (χ1n) is 8.80. The molecule has 2 N–H and O–H groups in total. The van der Waals surface area contributed by atoms with Crippen LogP contribution in [0.2, 0.25) is 0 Å². The average Bonchev–Trinajstić information content (AvgIpc) is 2.88. The lowest BCUT2D eigenvalue weighted by molar-refractivity contribution is 0.0209. The van der Waals surface area contributed by atoms with Crippen LogP contribution < -0.4 is 10.6 Å². The molecular weight excluding hydrogens is 306 g/mol. The number of hydrogen-bond acceptors (Lipinski definition) is 4. The second-order valence-corrected chi connectivity index (χ2v) is 6.80. The van der Waals surface area contributed by atoms with Gasteiger partial charge in [-0.2, -0.15) is 5.10 Å². The maximum absolute atomic E-state index is 12.0. The van der Waals surface area contributed by atoms with Gasteiger partial charge in [0.15, 0.2) is 0 Å². The third-order valence-corrected chi connectivity index (χ3v) is 4.43. The highest BCUT2D eigenvalue weighted by Crippen LogP contribution is 2.06. The van der Waals surface area contributed by atoms with Crippen LogP contribution in [0.1, 0.15) is 25.2 Å².